The van der Waals surface area contributed by atoms with E-state index in [2.05, 4.69) is 30.7 Å². The van der Waals surface area contributed by atoms with Crippen molar-refractivity contribution in [3.63, 3.8) is 0 Å². The van der Waals surface area contributed by atoms with Crippen LogP contribution in [-0.4, -0.2) is 49.6 Å². The van der Waals surface area contributed by atoms with E-state index < -0.39 is 13.2 Å². The molecule has 0 aromatic heterocycles. The fraction of sp³-hybridized carbons (Fsp3) is 0.143. The second kappa shape index (κ2) is 18.9. The lowest BCUT2D eigenvalue weighted by atomic mass is 10.0. The first-order valence-electron chi connectivity index (χ1n) is 17.4. The van der Waals surface area contributed by atoms with Crippen LogP contribution in [0.15, 0.2) is 128 Å². The number of carbonyl (C=O) groups is 2. The van der Waals surface area contributed by atoms with E-state index >= 15 is 0 Å². The molecule has 0 saturated carbocycles. The fourth-order valence-corrected chi connectivity index (χ4v) is 5.83. The molecular formula is C42H36N6O10. The van der Waals surface area contributed by atoms with Crippen LogP contribution < -0.4 is 23.7 Å². The molecule has 0 fully saturated rings. The molecule has 0 aliphatic heterocycles. The highest BCUT2D eigenvalue weighted by atomic mass is 16.5. The Morgan fingerprint density at radius 3 is 1.59 bits per heavy atom. The number of rotatable bonds is 17. The molecule has 6 aromatic carbocycles. The van der Waals surface area contributed by atoms with Crippen LogP contribution in [0.1, 0.15) is 22.3 Å². The molecule has 0 amide bonds. The molecule has 0 aliphatic carbocycles. The zero-order chi connectivity index (χ0) is 41.0. The lowest BCUT2D eigenvalue weighted by Gasteiger charge is -2.10. The minimum absolute atomic E-state index is 0.0376. The number of phenols is 1. The summed E-state index contributed by atoms with van der Waals surface area (Å²) < 4.78 is 26.0. The Morgan fingerprint density at radius 1 is 0.517 bits per heavy atom. The van der Waals surface area contributed by atoms with E-state index in [1.807, 2.05) is 48.5 Å². The van der Waals surface area contributed by atoms with Crippen LogP contribution in [0, 0.1) is 0 Å². The number of azo groups is 3. The summed E-state index contributed by atoms with van der Waals surface area (Å²) in [5, 5.41) is 58.6. The molecular weight excluding hydrogens is 748 g/mol. The quantitative estimate of drug-likeness (QED) is 0.0588. The maximum absolute atomic E-state index is 11.1. The van der Waals surface area contributed by atoms with Crippen LogP contribution in [0.4, 0.5) is 34.1 Å². The Labute approximate surface area is 331 Å². The Kier molecular flexibility index (Phi) is 13.0. The van der Waals surface area contributed by atoms with Crippen molar-refractivity contribution in [2.24, 2.45) is 30.7 Å². The lowest BCUT2D eigenvalue weighted by Crippen LogP contribution is -1.92. The third-order valence-corrected chi connectivity index (χ3v) is 8.74. The van der Waals surface area contributed by atoms with Gasteiger partial charge in [-0.25, -0.2) is 0 Å². The lowest BCUT2D eigenvalue weighted by molar-refractivity contribution is -0.121. The molecule has 16 nitrogen and oxygen atoms in total. The predicted molar refractivity (Wildman–Crippen MR) is 212 cm³/mol. The van der Waals surface area contributed by atoms with E-state index in [4.69, 9.17) is 23.7 Å². The summed E-state index contributed by atoms with van der Waals surface area (Å²) in [6, 6.07) is 27.4. The number of carbonyl (C=O) groups excluding carboxylic acids is 2. The minimum atomic E-state index is -0.456. The predicted octanol–water partition coefficient (Wildman–Crippen LogP) is 9.46. The molecule has 294 valence electrons. The highest BCUT2D eigenvalue weighted by Gasteiger charge is 2.15. The van der Waals surface area contributed by atoms with Gasteiger partial charge in [0, 0.05) is 46.8 Å². The average molecular weight is 785 g/mol. The third-order valence-electron chi connectivity index (χ3n) is 8.74. The van der Waals surface area contributed by atoms with Gasteiger partial charge in [-0.3, -0.25) is 9.59 Å². The zero-order valence-corrected chi connectivity index (χ0v) is 31.4. The molecule has 0 unspecified atom stereocenters. The minimum Gasteiger partial charge on any atom is -0.505 e. The van der Waals surface area contributed by atoms with Crippen molar-refractivity contribution in [1.29, 1.82) is 0 Å². The number of nitrogens with zero attached hydrogens (tertiary/aromatic N) is 6. The molecule has 58 heavy (non-hydrogen) atoms. The molecule has 3 N–H and O–H groups in total. The van der Waals surface area contributed by atoms with E-state index in [0.29, 0.717) is 22.9 Å². The monoisotopic (exact) mass is 784 g/mol. The van der Waals surface area contributed by atoms with Gasteiger partial charge in [0.25, 0.3) is 12.9 Å². The van der Waals surface area contributed by atoms with Crippen LogP contribution in [0.2, 0.25) is 0 Å². The molecule has 6 aromatic rings. The second-order valence-electron chi connectivity index (χ2n) is 12.3. The summed E-state index contributed by atoms with van der Waals surface area (Å²) >= 11 is 0. The number of methoxy groups -OCH3 is 3. The number of aliphatic hydroxyl groups excluding tert-OH is 2. The van der Waals surface area contributed by atoms with E-state index in [1.54, 1.807) is 19.2 Å². The largest absolute Gasteiger partial charge is 0.505 e. The van der Waals surface area contributed by atoms with Crippen LogP contribution in [-0.2, 0) is 29.2 Å². The maximum atomic E-state index is 11.1. The SMILES string of the molecule is COc1ccc(Cc2ccc3c(O)c(N=Nc4cc(CO)c(N=Nc5cc(CO)c(N=Nc6cc(OC=O)cc(OC=O)c6)cc5OC)cc4OC)ccc3c2)cc1. The molecule has 0 aliphatic rings. The summed E-state index contributed by atoms with van der Waals surface area (Å²) in [7, 11) is 4.48. The standard InChI is InChI=1S/C42H36N6O10/c1-54-31-8-4-25(5-9-31)12-26-6-10-34-27(13-26)7-11-35(42(34)53)44-47-38-15-29(22-50)37(20-41(38)56-3)46-48-39-14-28(21-49)36(19-40(39)55-2)45-43-30-16-32(57-23-51)18-33(17-30)58-24-52/h4-11,13-20,23-24,49-50,53H,12,21-22H2,1-3H3. The summed E-state index contributed by atoms with van der Waals surface area (Å²) in [4.78, 5) is 21.7. The highest BCUT2D eigenvalue weighted by Crippen LogP contribution is 2.42. The van der Waals surface area contributed by atoms with Gasteiger partial charge in [0.2, 0.25) is 0 Å². The number of hydrogen-bond donors (Lipinski definition) is 3. The van der Waals surface area contributed by atoms with E-state index in [0.717, 1.165) is 22.3 Å². The van der Waals surface area contributed by atoms with Crippen molar-refractivity contribution in [3.05, 3.63) is 119 Å². The van der Waals surface area contributed by atoms with Gasteiger partial charge >= 0.3 is 0 Å². The normalized spacial score (nSPS) is 11.4. The van der Waals surface area contributed by atoms with Crippen LogP contribution in [0.25, 0.3) is 10.8 Å². The fourth-order valence-electron chi connectivity index (χ4n) is 5.83. The molecule has 16 heteroatoms. The summed E-state index contributed by atoms with van der Waals surface area (Å²) in [6.45, 7) is -0.467. The first-order chi connectivity index (χ1) is 28.3. The molecule has 0 saturated heterocycles. The van der Waals surface area contributed by atoms with Crippen molar-refractivity contribution in [2.75, 3.05) is 21.3 Å². The van der Waals surface area contributed by atoms with Gasteiger partial charge in [0.15, 0.2) is 5.75 Å². The molecule has 0 atom stereocenters. The second-order valence-corrected chi connectivity index (χ2v) is 12.3. The number of ether oxygens (including phenoxy) is 5. The molecule has 0 bridgehead atoms. The van der Waals surface area contributed by atoms with E-state index in [9.17, 15) is 24.9 Å². The van der Waals surface area contributed by atoms with Crippen LogP contribution in [0.5, 0.6) is 34.5 Å². The molecule has 0 heterocycles. The number of aliphatic hydroxyl groups is 2. The van der Waals surface area contributed by atoms with Gasteiger partial charge in [-0.2, -0.15) is 10.2 Å². The van der Waals surface area contributed by atoms with Crippen LogP contribution >= 0.6 is 0 Å². The van der Waals surface area contributed by atoms with Gasteiger partial charge in [-0.1, -0.05) is 36.4 Å². The van der Waals surface area contributed by atoms with Crippen LogP contribution in [0.3, 0.4) is 0 Å². The summed E-state index contributed by atoms with van der Waals surface area (Å²) in [6.07, 6.45) is 0.711. The van der Waals surface area contributed by atoms with Crippen molar-refractivity contribution in [2.45, 2.75) is 19.6 Å². The first-order valence-corrected chi connectivity index (χ1v) is 17.4. The van der Waals surface area contributed by atoms with Gasteiger partial charge in [-0.05, 0) is 53.3 Å². The number of phenolic OH excluding ortho intramolecular Hbond substituents is 1. The van der Waals surface area contributed by atoms with Crippen molar-refractivity contribution < 1.29 is 48.6 Å². The topological polar surface area (TPSA) is 215 Å². The summed E-state index contributed by atoms with van der Waals surface area (Å²) in [5.41, 5.74) is 4.23. The van der Waals surface area contributed by atoms with Gasteiger partial charge in [0.1, 0.15) is 45.8 Å². The van der Waals surface area contributed by atoms with Crippen molar-refractivity contribution in [1.82, 2.24) is 0 Å². The maximum Gasteiger partial charge on any atom is 0.298 e. The van der Waals surface area contributed by atoms with Gasteiger partial charge in [-0.15, -0.1) is 20.5 Å². The molecule has 0 radical (unpaired) electrons. The number of fused-ring (bicyclic) bond motifs is 1. The summed E-state index contributed by atoms with van der Waals surface area (Å²) in [5.74, 6) is 1.37. The third kappa shape index (κ3) is 9.44. The molecule has 0 spiro atoms. The average Bonchev–Trinajstić information content (AvgIpc) is 3.24. The Balaban J connectivity index is 1.23. The van der Waals surface area contributed by atoms with Crippen molar-refractivity contribution in [3.8, 4) is 34.5 Å². The number of aromatic hydroxyl groups is 1. The van der Waals surface area contributed by atoms with Gasteiger partial charge in [0.05, 0.1) is 51.6 Å². The zero-order valence-electron chi connectivity index (χ0n) is 31.4. The molecule has 6 rings (SSSR count). The Morgan fingerprint density at radius 2 is 1.05 bits per heavy atom. The Bertz CT molecular complexity index is 2510. The smallest absolute Gasteiger partial charge is 0.298 e. The van der Waals surface area contributed by atoms with E-state index in [-0.39, 0.29) is 75.8 Å². The Hall–Kier alpha value is -7.56. The number of benzene rings is 6. The first kappa shape index (κ1) is 40.1. The highest BCUT2D eigenvalue weighted by molar-refractivity contribution is 5.92. The van der Waals surface area contributed by atoms with E-state index in [1.165, 1.54) is 50.6 Å². The number of hydrogen-bond acceptors (Lipinski definition) is 16. The van der Waals surface area contributed by atoms with Gasteiger partial charge < -0.3 is 39.0 Å². The van der Waals surface area contributed by atoms with Crippen molar-refractivity contribution >= 4 is 57.8 Å².